The second-order valence-electron chi connectivity index (χ2n) is 5.61. The van der Waals surface area contributed by atoms with Crippen molar-refractivity contribution < 1.29 is 9.90 Å². The fourth-order valence-electron chi connectivity index (χ4n) is 1.56. The van der Waals surface area contributed by atoms with E-state index >= 15 is 0 Å². The minimum atomic E-state index is -0.588. The zero-order valence-corrected chi connectivity index (χ0v) is 11.3. The summed E-state index contributed by atoms with van der Waals surface area (Å²) < 4.78 is 1.68. The summed E-state index contributed by atoms with van der Waals surface area (Å²) in [5, 5.41) is 20.2. The molecule has 19 heavy (non-hydrogen) atoms. The van der Waals surface area contributed by atoms with E-state index in [9.17, 15) is 9.90 Å². The molecular formula is C13H18N4O2. The largest absolute Gasteiger partial charge is 0.391 e. The maximum atomic E-state index is 12.0. The van der Waals surface area contributed by atoms with E-state index in [1.54, 1.807) is 22.7 Å². The third kappa shape index (κ3) is 3.08. The van der Waals surface area contributed by atoms with Gasteiger partial charge in [0, 0.05) is 12.7 Å². The topological polar surface area (TPSA) is 79.5 Å². The molecule has 2 rings (SSSR count). The van der Waals surface area contributed by atoms with Crippen LogP contribution >= 0.6 is 0 Å². The number of nitrogens with one attached hydrogen (secondary N) is 1. The van der Waals surface area contributed by atoms with Gasteiger partial charge in [-0.1, -0.05) is 20.8 Å². The molecule has 1 unspecified atom stereocenters. The second kappa shape index (κ2) is 4.97. The standard InChI is InChI=1S/C13H18N4O2/c1-13(2,3)10(18)6-14-12(19)9-4-5-11-16-15-8-17(11)7-9/h4-5,7-8,10,18H,6H2,1-3H3,(H,14,19). The molecule has 6 nitrogen and oxygen atoms in total. The quantitative estimate of drug-likeness (QED) is 0.860. The predicted molar refractivity (Wildman–Crippen MR) is 70.8 cm³/mol. The lowest BCUT2D eigenvalue weighted by Gasteiger charge is -2.25. The first-order chi connectivity index (χ1) is 8.88. The lowest BCUT2D eigenvalue weighted by atomic mass is 9.89. The van der Waals surface area contributed by atoms with Gasteiger partial charge in [0.2, 0.25) is 0 Å². The smallest absolute Gasteiger partial charge is 0.252 e. The van der Waals surface area contributed by atoms with E-state index < -0.39 is 6.10 Å². The van der Waals surface area contributed by atoms with Crippen LogP contribution in [-0.4, -0.2) is 38.3 Å². The minimum Gasteiger partial charge on any atom is -0.391 e. The highest BCUT2D eigenvalue weighted by Gasteiger charge is 2.22. The second-order valence-corrected chi connectivity index (χ2v) is 5.61. The zero-order chi connectivity index (χ0) is 14.0. The van der Waals surface area contributed by atoms with Gasteiger partial charge in [-0.2, -0.15) is 0 Å². The van der Waals surface area contributed by atoms with Gasteiger partial charge in [0.25, 0.3) is 5.91 Å². The normalized spacial score (nSPS) is 13.5. The summed E-state index contributed by atoms with van der Waals surface area (Å²) in [5.41, 5.74) is 0.936. The SMILES string of the molecule is CC(C)(C)C(O)CNC(=O)c1ccc2nncn2c1. The number of hydrogen-bond acceptors (Lipinski definition) is 4. The zero-order valence-electron chi connectivity index (χ0n) is 11.3. The number of carbonyl (C=O) groups excluding carboxylic acids is 1. The fraction of sp³-hybridized carbons (Fsp3) is 0.462. The number of fused-ring (bicyclic) bond motifs is 1. The molecule has 6 heteroatoms. The van der Waals surface area contributed by atoms with Crippen LogP contribution in [0.5, 0.6) is 0 Å². The highest BCUT2D eigenvalue weighted by Crippen LogP contribution is 2.18. The Bertz CT molecular complexity index is 586. The van der Waals surface area contributed by atoms with Gasteiger partial charge in [0.15, 0.2) is 5.65 Å². The fourth-order valence-corrected chi connectivity index (χ4v) is 1.56. The molecule has 1 amide bonds. The van der Waals surface area contributed by atoms with E-state index in [0.717, 1.165) is 0 Å². The van der Waals surface area contributed by atoms with Crippen molar-refractivity contribution in [1.29, 1.82) is 0 Å². The molecular weight excluding hydrogens is 244 g/mol. The van der Waals surface area contributed by atoms with E-state index in [0.29, 0.717) is 11.2 Å². The first-order valence-corrected chi connectivity index (χ1v) is 6.13. The molecule has 0 aromatic carbocycles. The molecule has 2 aromatic heterocycles. The first kappa shape index (κ1) is 13.5. The van der Waals surface area contributed by atoms with E-state index in [-0.39, 0.29) is 17.9 Å². The number of aliphatic hydroxyl groups excluding tert-OH is 1. The van der Waals surface area contributed by atoms with Crippen LogP contribution in [0.1, 0.15) is 31.1 Å². The molecule has 102 valence electrons. The number of carbonyl (C=O) groups is 1. The average molecular weight is 262 g/mol. The van der Waals surface area contributed by atoms with Crippen molar-refractivity contribution in [3.05, 3.63) is 30.2 Å². The van der Waals surface area contributed by atoms with Gasteiger partial charge >= 0.3 is 0 Å². The maximum Gasteiger partial charge on any atom is 0.252 e. The van der Waals surface area contributed by atoms with Gasteiger partial charge in [-0.15, -0.1) is 10.2 Å². The summed E-state index contributed by atoms with van der Waals surface area (Å²) in [4.78, 5) is 12.0. The van der Waals surface area contributed by atoms with Crippen molar-refractivity contribution in [2.75, 3.05) is 6.54 Å². The molecule has 0 aliphatic rings. The van der Waals surface area contributed by atoms with Crippen LogP contribution < -0.4 is 5.32 Å². The number of hydrogen-bond donors (Lipinski definition) is 2. The highest BCUT2D eigenvalue weighted by molar-refractivity contribution is 5.94. The third-order valence-corrected chi connectivity index (χ3v) is 3.01. The summed E-state index contributed by atoms with van der Waals surface area (Å²) in [6.07, 6.45) is 2.61. The molecule has 0 aliphatic heterocycles. The molecule has 0 aliphatic carbocycles. The molecule has 2 heterocycles. The number of aliphatic hydroxyl groups is 1. The molecule has 2 aromatic rings. The van der Waals surface area contributed by atoms with Crippen LogP contribution in [0.3, 0.4) is 0 Å². The van der Waals surface area contributed by atoms with Crippen LogP contribution in [0.2, 0.25) is 0 Å². The van der Waals surface area contributed by atoms with Crippen molar-refractivity contribution >= 4 is 11.6 Å². The maximum absolute atomic E-state index is 12.0. The first-order valence-electron chi connectivity index (χ1n) is 6.13. The summed E-state index contributed by atoms with van der Waals surface area (Å²) in [7, 11) is 0. The summed E-state index contributed by atoms with van der Waals surface area (Å²) in [6, 6.07) is 3.41. The molecule has 0 saturated heterocycles. The van der Waals surface area contributed by atoms with Crippen LogP contribution in [0.4, 0.5) is 0 Å². The Morgan fingerprint density at radius 2 is 2.21 bits per heavy atom. The van der Waals surface area contributed by atoms with Gasteiger partial charge in [-0.3, -0.25) is 9.20 Å². The molecule has 0 spiro atoms. The van der Waals surface area contributed by atoms with E-state index in [1.807, 2.05) is 20.8 Å². The van der Waals surface area contributed by atoms with Gasteiger partial charge < -0.3 is 10.4 Å². The number of rotatable bonds is 3. The van der Waals surface area contributed by atoms with Crippen LogP contribution in [-0.2, 0) is 0 Å². The number of aromatic nitrogens is 3. The van der Waals surface area contributed by atoms with Crippen LogP contribution in [0.15, 0.2) is 24.7 Å². The molecule has 2 N–H and O–H groups in total. The number of amides is 1. The van der Waals surface area contributed by atoms with Crippen molar-refractivity contribution in [2.45, 2.75) is 26.9 Å². The van der Waals surface area contributed by atoms with Crippen molar-refractivity contribution in [2.24, 2.45) is 5.41 Å². The number of nitrogens with zero attached hydrogens (tertiary/aromatic N) is 3. The van der Waals surface area contributed by atoms with Gasteiger partial charge in [0.05, 0.1) is 11.7 Å². The van der Waals surface area contributed by atoms with Crippen molar-refractivity contribution in [3.63, 3.8) is 0 Å². The van der Waals surface area contributed by atoms with E-state index in [1.165, 1.54) is 6.33 Å². The van der Waals surface area contributed by atoms with Gasteiger partial charge in [-0.05, 0) is 17.5 Å². The summed E-state index contributed by atoms with van der Waals surface area (Å²) in [6.45, 7) is 6.00. The monoisotopic (exact) mass is 262 g/mol. The Labute approximate surface area is 111 Å². The molecule has 0 saturated carbocycles. The van der Waals surface area contributed by atoms with Crippen molar-refractivity contribution in [3.8, 4) is 0 Å². The Hall–Kier alpha value is -1.95. The molecule has 1 atom stereocenters. The predicted octanol–water partition coefficient (Wildman–Crippen LogP) is 0.866. The van der Waals surface area contributed by atoms with Gasteiger partial charge in [-0.25, -0.2) is 0 Å². The van der Waals surface area contributed by atoms with E-state index in [2.05, 4.69) is 15.5 Å². The average Bonchev–Trinajstić information content (AvgIpc) is 2.81. The van der Waals surface area contributed by atoms with E-state index in [4.69, 9.17) is 0 Å². The molecule has 0 bridgehead atoms. The lowest BCUT2D eigenvalue weighted by Crippen LogP contribution is -2.39. The Kier molecular flexibility index (Phi) is 3.53. The Morgan fingerprint density at radius 3 is 2.89 bits per heavy atom. The molecule has 0 fully saturated rings. The minimum absolute atomic E-state index is 0.223. The molecule has 0 radical (unpaired) electrons. The Morgan fingerprint density at radius 1 is 1.47 bits per heavy atom. The highest BCUT2D eigenvalue weighted by atomic mass is 16.3. The number of pyridine rings is 1. The lowest BCUT2D eigenvalue weighted by molar-refractivity contribution is 0.0586. The Balaban J connectivity index is 2.03. The van der Waals surface area contributed by atoms with Crippen LogP contribution in [0.25, 0.3) is 5.65 Å². The summed E-state index contributed by atoms with van der Waals surface area (Å²) >= 11 is 0. The van der Waals surface area contributed by atoms with Crippen LogP contribution in [0, 0.1) is 5.41 Å². The van der Waals surface area contributed by atoms with Crippen molar-refractivity contribution in [1.82, 2.24) is 19.9 Å². The summed E-state index contributed by atoms with van der Waals surface area (Å²) in [5.74, 6) is -0.223. The third-order valence-electron chi connectivity index (χ3n) is 3.01. The van der Waals surface area contributed by atoms with Gasteiger partial charge in [0.1, 0.15) is 6.33 Å².